The molecule has 1 aromatic carbocycles. The fourth-order valence-corrected chi connectivity index (χ4v) is 1.79. The number of ketones is 1. The summed E-state index contributed by atoms with van der Waals surface area (Å²) in [7, 11) is 0. The van der Waals surface area contributed by atoms with Crippen LogP contribution in [-0.4, -0.2) is 12.2 Å². The molecule has 0 fully saturated rings. The number of benzene rings is 1. The summed E-state index contributed by atoms with van der Waals surface area (Å²) in [4.78, 5) is 21.8. The molecule has 0 heterocycles. The summed E-state index contributed by atoms with van der Waals surface area (Å²) < 4.78 is 0. The van der Waals surface area contributed by atoms with Crippen LogP contribution in [0.2, 0.25) is 0 Å². The molecule has 2 rings (SSSR count). The third-order valence-electron chi connectivity index (χ3n) is 2.49. The van der Waals surface area contributed by atoms with Crippen LogP contribution < -0.4 is 5.32 Å². The van der Waals surface area contributed by atoms with Gasteiger partial charge in [-0.2, -0.15) is 0 Å². The van der Waals surface area contributed by atoms with Crippen molar-refractivity contribution >= 4 is 17.9 Å². The first kappa shape index (κ1) is 8.94. The normalized spacial score (nSPS) is 14.7. The second kappa shape index (κ2) is 3.62. The van der Waals surface area contributed by atoms with E-state index in [1.165, 1.54) is 0 Å². The van der Waals surface area contributed by atoms with Crippen molar-refractivity contribution in [1.82, 2.24) is 0 Å². The summed E-state index contributed by atoms with van der Waals surface area (Å²) in [6.45, 7) is 0. The maximum Gasteiger partial charge on any atom is 0.211 e. The largest absolute Gasteiger partial charge is 0.329 e. The minimum Gasteiger partial charge on any atom is -0.329 e. The Hall–Kier alpha value is -1.64. The third kappa shape index (κ3) is 1.53. The molecule has 1 amide bonds. The fourth-order valence-electron chi connectivity index (χ4n) is 1.79. The lowest BCUT2D eigenvalue weighted by Crippen LogP contribution is -2.11. The molecule has 1 aliphatic rings. The van der Waals surface area contributed by atoms with Crippen LogP contribution in [0.3, 0.4) is 0 Å². The quantitative estimate of drug-likeness (QED) is 0.721. The molecule has 14 heavy (non-hydrogen) atoms. The van der Waals surface area contributed by atoms with Crippen molar-refractivity contribution in [2.75, 3.05) is 5.32 Å². The number of Topliss-reactive ketones (excluding diaryl/α,β-unsaturated/α-hetero) is 1. The van der Waals surface area contributed by atoms with Crippen LogP contribution in [0.5, 0.6) is 0 Å². The number of carbonyl (C=O) groups excluding carboxylic acids is 2. The summed E-state index contributed by atoms with van der Waals surface area (Å²) in [6, 6.07) is 5.50. The van der Waals surface area contributed by atoms with Crippen molar-refractivity contribution in [1.29, 1.82) is 0 Å². The van der Waals surface area contributed by atoms with E-state index in [0.29, 0.717) is 18.5 Å². The van der Waals surface area contributed by atoms with E-state index in [4.69, 9.17) is 0 Å². The van der Waals surface area contributed by atoms with Crippen LogP contribution in [0.1, 0.15) is 28.8 Å². The van der Waals surface area contributed by atoms with Gasteiger partial charge in [0.25, 0.3) is 0 Å². The lowest BCUT2D eigenvalue weighted by Gasteiger charge is -2.15. The van der Waals surface area contributed by atoms with E-state index in [0.717, 1.165) is 24.0 Å². The molecule has 0 radical (unpaired) electrons. The average Bonchev–Trinajstić information content (AvgIpc) is 2.20. The molecule has 0 saturated heterocycles. The van der Waals surface area contributed by atoms with Gasteiger partial charge in [0.15, 0.2) is 5.78 Å². The Bertz CT molecular complexity index is 385. The number of hydrogen-bond acceptors (Lipinski definition) is 2. The predicted molar refractivity (Wildman–Crippen MR) is 53.4 cm³/mol. The summed E-state index contributed by atoms with van der Waals surface area (Å²) >= 11 is 0. The predicted octanol–water partition coefficient (Wildman–Crippen LogP) is 1.77. The molecule has 0 saturated carbocycles. The SMILES string of the molecule is O=CNc1ccc2c(c1)C(=O)CCC2. The Morgan fingerprint density at radius 1 is 1.29 bits per heavy atom. The lowest BCUT2D eigenvalue weighted by molar-refractivity contribution is -0.105. The minimum absolute atomic E-state index is 0.181. The zero-order valence-corrected chi connectivity index (χ0v) is 7.75. The zero-order valence-electron chi connectivity index (χ0n) is 7.75. The molecule has 0 aliphatic heterocycles. The number of amides is 1. The standard InChI is InChI=1S/C11H11NO2/c13-7-12-9-5-4-8-2-1-3-11(14)10(8)6-9/h4-7H,1-3H2,(H,12,13). The van der Waals surface area contributed by atoms with Crippen molar-refractivity contribution in [3.8, 4) is 0 Å². The molecule has 0 unspecified atom stereocenters. The maximum absolute atomic E-state index is 11.5. The molecule has 0 spiro atoms. The van der Waals surface area contributed by atoms with Crippen LogP contribution in [0.15, 0.2) is 18.2 Å². The maximum atomic E-state index is 11.5. The van der Waals surface area contributed by atoms with E-state index in [9.17, 15) is 9.59 Å². The lowest BCUT2D eigenvalue weighted by atomic mass is 9.90. The fraction of sp³-hybridized carbons (Fsp3) is 0.273. The Balaban J connectivity index is 2.40. The van der Waals surface area contributed by atoms with Crippen LogP contribution in [0, 0.1) is 0 Å². The second-order valence-electron chi connectivity index (χ2n) is 3.41. The minimum atomic E-state index is 0.181. The first-order chi connectivity index (χ1) is 6.81. The van der Waals surface area contributed by atoms with Gasteiger partial charge < -0.3 is 5.32 Å². The van der Waals surface area contributed by atoms with Crippen molar-refractivity contribution in [3.05, 3.63) is 29.3 Å². The van der Waals surface area contributed by atoms with Crippen molar-refractivity contribution < 1.29 is 9.59 Å². The summed E-state index contributed by atoms with van der Waals surface area (Å²) in [6.07, 6.45) is 3.14. The number of rotatable bonds is 2. The van der Waals surface area contributed by atoms with E-state index in [2.05, 4.69) is 5.32 Å². The highest BCUT2D eigenvalue weighted by molar-refractivity contribution is 5.99. The van der Waals surface area contributed by atoms with E-state index in [1.807, 2.05) is 12.1 Å². The number of carbonyl (C=O) groups is 2. The van der Waals surface area contributed by atoms with Gasteiger partial charge in [0.1, 0.15) is 0 Å². The highest BCUT2D eigenvalue weighted by Crippen LogP contribution is 2.23. The molecule has 0 atom stereocenters. The van der Waals surface area contributed by atoms with E-state index < -0.39 is 0 Å². The molecule has 72 valence electrons. The smallest absolute Gasteiger partial charge is 0.211 e. The van der Waals surface area contributed by atoms with Crippen LogP contribution in [-0.2, 0) is 11.2 Å². The molecule has 3 heteroatoms. The molecule has 0 bridgehead atoms. The van der Waals surface area contributed by atoms with E-state index in [1.54, 1.807) is 6.07 Å². The van der Waals surface area contributed by atoms with Gasteiger partial charge in [-0.3, -0.25) is 9.59 Å². The number of anilines is 1. The van der Waals surface area contributed by atoms with Crippen LogP contribution in [0.4, 0.5) is 5.69 Å². The van der Waals surface area contributed by atoms with Gasteiger partial charge >= 0.3 is 0 Å². The average molecular weight is 189 g/mol. The highest BCUT2D eigenvalue weighted by Gasteiger charge is 2.16. The van der Waals surface area contributed by atoms with Crippen LogP contribution in [0.25, 0.3) is 0 Å². The monoisotopic (exact) mass is 189 g/mol. The van der Waals surface area contributed by atoms with Gasteiger partial charge in [-0.1, -0.05) is 6.07 Å². The van der Waals surface area contributed by atoms with Crippen molar-refractivity contribution in [2.24, 2.45) is 0 Å². The number of aryl methyl sites for hydroxylation is 1. The van der Waals surface area contributed by atoms with Gasteiger partial charge in [0.2, 0.25) is 6.41 Å². The number of nitrogens with one attached hydrogen (secondary N) is 1. The van der Waals surface area contributed by atoms with Crippen molar-refractivity contribution in [2.45, 2.75) is 19.3 Å². The summed E-state index contributed by atoms with van der Waals surface area (Å²) in [5.74, 6) is 0.181. The molecular formula is C11H11NO2. The molecule has 1 aromatic rings. The van der Waals surface area contributed by atoms with Gasteiger partial charge in [0, 0.05) is 17.7 Å². The molecular weight excluding hydrogens is 178 g/mol. The van der Waals surface area contributed by atoms with Crippen LogP contribution >= 0.6 is 0 Å². The Kier molecular flexibility index (Phi) is 2.31. The van der Waals surface area contributed by atoms with Gasteiger partial charge in [0.05, 0.1) is 0 Å². The molecule has 3 nitrogen and oxygen atoms in total. The van der Waals surface area contributed by atoms with E-state index >= 15 is 0 Å². The van der Waals surface area contributed by atoms with Crippen molar-refractivity contribution in [3.63, 3.8) is 0 Å². The molecule has 0 aromatic heterocycles. The second-order valence-corrected chi connectivity index (χ2v) is 3.41. The van der Waals surface area contributed by atoms with Gasteiger partial charge in [-0.25, -0.2) is 0 Å². The zero-order chi connectivity index (χ0) is 9.97. The first-order valence-corrected chi connectivity index (χ1v) is 4.67. The third-order valence-corrected chi connectivity index (χ3v) is 2.49. The Morgan fingerprint density at radius 3 is 2.93 bits per heavy atom. The highest BCUT2D eigenvalue weighted by atomic mass is 16.1. The van der Waals surface area contributed by atoms with Gasteiger partial charge in [-0.15, -0.1) is 0 Å². The Morgan fingerprint density at radius 2 is 2.14 bits per heavy atom. The number of fused-ring (bicyclic) bond motifs is 1. The summed E-state index contributed by atoms with van der Waals surface area (Å²) in [5.41, 5.74) is 2.55. The molecule has 1 aliphatic carbocycles. The first-order valence-electron chi connectivity index (χ1n) is 4.67. The summed E-state index contributed by atoms with van der Waals surface area (Å²) in [5, 5.41) is 2.55. The topological polar surface area (TPSA) is 46.2 Å². The molecule has 1 N–H and O–H groups in total. The van der Waals surface area contributed by atoms with E-state index in [-0.39, 0.29) is 5.78 Å². The Labute approximate surface area is 82.1 Å². The van der Waals surface area contributed by atoms with Gasteiger partial charge in [-0.05, 0) is 30.5 Å². The number of hydrogen-bond donors (Lipinski definition) is 1.